The van der Waals surface area contributed by atoms with Crippen LogP contribution in [0.15, 0.2) is 49.3 Å². The molecule has 0 bridgehead atoms. The fourth-order valence-electron chi connectivity index (χ4n) is 3.74. The maximum absolute atomic E-state index is 13.6. The molecule has 1 aliphatic heterocycles. The van der Waals surface area contributed by atoms with Crippen molar-refractivity contribution in [2.24, 2.45) is 5.73 Å². The van der Waals surface area contributed by atoms with Crippen molar-refractivity contribution >= 4 is 40.1 Å². The summed E-state index contributed by atoms with van der Waals surface area (Å²) in [7, 11) is 0. The average molecular weight is 440 g/mol. The van der Waals surface area contributed by atoms with Crippen LogP contribution in [0.3, 0.4) is 0 Å². The molecule has 158 valence electrons. The number of hydrogen-bond donors (Lipinski definition) is 1. The van der Waals surface area contributed by atoms with Gasteiger partial charge in [-0.1, -0.05) is 24.2 Å². The van der Waals surface area contributed by atoms with E-state index in [1.807, 2.05) is 0 Å². The Balaban J connectivity index is 1.74. The van der Waals surface area contributed by atoms with Crippen molar-refractivity contribution in [3.63, 3.8) is 0 Å². The highest BCUT2D eigenvalue weighted by atomic mass is 35.5. The van der Waals surface area contributed by atoms with E-state index >= 15 is 0 Å². The lowest BCUT2D eigenvalue weighted by Gasteiger charge is -2.35. The number of carbonyl (C=O) groups is 2. The number of fused-ring (bicyclic) bond motifs is 1. The first kappa shape index (κ1) is 20.7. The highest BCUT2D eigenvalue weighted by molar-refractivity contribution is 6.34. The lowest BCUT2D eigenvalue weighted by Crippen LogP contribution is -2.48. The molecule has 2 heterocycles. The molecule has 2 amide bonds. The van der Waals surface area contributed by atoms with Gasteiger partial charge in [-0.2, -0.15) is 0 Å². The molecule has 0 aliphatic carbocycles. The molecular weight excluding hydrogens is 421 g/mol. The third-order valence-corrected chi connectivity index (χ3v) is 5.62. The first-order valence-corrected chi connectivity index (χ1v) is 9.97. The van der Waals surface area contributed by atoms with Gasteiger partial charge in [-0.25, -0.2) is 14.4 Å². The maximum Gasteiger partial charge on any atom is 0.249 e. The summed E-state index contributed by atoms with van der Waals surface area (Å²) in [6.45, 7) is 5.85. The Morgan fingerprint density at radius 2 is 1.84 bits per heavy atom. The molecule has 3 aromatic rings. The summed E-state index contributed by atoms with van der Waals surface area (Å²) >= 11 is 6.56. The van der Waals surface area contributed by atoms with Crippen molar-refractivity contribution in [2.45, 2.75) is 0 Å². The summed E-state index contributed by atoms with van der Waals surface area (Å²) in [6, 6.07) is 7.28. The summed E-state index contributed by atoms with van der Waals surface area (Å²) in [5.74, 6) is -0.697. The highest BCUT2D eigenvalue weighted by Gasteiger charge is 2.23. The second-order valence-electron chi connectivity index (χ2n) is 7.12. The van der Waals surface area contributed by atoms with Gasteiger partial charge in [0, 0.05) is 47.7 Å². The number of nitrogens with two attached hydrogens (primary N) is 1. The minimum absolute atomic E-state index is 0.0403. The maximum atomic E-state index is 13.6. The van der Waals surface area contributed by atoms with Crippen LogP contribution in [0.2, 0.25) is 5.02 Å². The quantitative estimate of drug-likeness (QED) is 0.631. The molecule has 0 radical (unpaired) electrons. The number of nitrogens with zero attached hydrogens (tertiary/aromatic N) is 4. The molecule has 0 unspecified atom stereocenters. The number of rotatable bonds is 4. The predicted octanol–water partition coefficient (Wildman–Crippen LogP) is 3.02. The molecule has 31 heavy (non-hydrogen) atoms. The van der Waals surface area contributed by atoms with E-state index in [0.717, 1.165) is 11.5 Å². The van der Waals surface area contributed by atoms with Crippen LogP contribution in [0.25, 0.3) is 22.0 Å². The Morgan fingerprint density at radius 1 is 1.10 bits per heavy atom. The van der Waals surface area contributed by atoms with Crippen LogP contribution in [-0.4, -0.2) is 52.9 Å². The number of amides is 2. The van der Waals surface area contributed by atoms with Gasteiger partial charge in [0.25, 0.3) is 0 Å². The largest absolute Gasteiger partial charge is 0.366 e. The zero-order valence-corrected chi connectivity index (χ0v) is 17.3. The molecule has 1 fully saturated rings. The van der Waals surface area contributed by atoms with Crippen molar-refractivity contribution in [2.75, 3.05) is 31.1 Å². The topological polar surface area (TPSA) is 92.4 Å². The van der Waals surface area contributed by atoms with Crippen molar-refractivity contribution in [3.05, 3.63) is 65.7 Å². The van der Waals surface area contributed by atoms with Crippen LogP contribution in [0.5, 0.6) is 0 Å². The molecule has 1 saturated heterocycles. The van der Waals surface area contributed by atoms with E-state index in [9.17, 15) is 14.0 Å². The summed E-state index contributed by atoms with van der Waals surface area (Å²) < 4.78 is 13.6. The molecule has 0 spiro atoms. The second-order valence-corrected chi connectivity index (χ2v) is 7.52. The molecule has 2 N–H and O–H groups in total. The van der Waals surface area contributed by atoms with E-state index in [2.05, 4.69) is 21.4 Å². The van der Waals surface area contributed by atoms with E-state index in [4.69, 9.17) is 17.3 Å². The van der Waals surface area contributed by atoms with Gasteiger partial charge in [-0.3, -0.25) is 9.59 Å². The molecule has 0 atom stereocenters. The number of carbonyl (C=O) groups excluding carboxylic acids is 2. The minimum atomic E-state index is -0.749. The number of piperazine rings is 1. The molecule has 7 nitrogen and oxygen atoms in total. The van der Waals surface area contributed by atoms with E-state index in [-0.39, 0.29) is 11.5 Å². The van der Waals surface area contributed by atoms with Gasteiger partial charge in [-0.05, 0) is 35.9 Å². The van der Waals surface area contributed by atoms with Crippen LogP contribution in [0.4, 0.5) is 10.2 Å². The zero-order chi connectivity index (χ0) is 22.1. The molecule has 4 rings (SSSR count). The summed E-state index contributed by atoms with van der Waals surface area (Å²) in [6.07, 6.45) is 2.77. The van der Waals surface area contributed by atoms with Crippen molar-refractivity contribution in [3.8, 4) is 11.1 Å². The number of primary amides is 1. The first-order valence-electron chi connectivity index (χ1n) is 9.59. The van der Waals surface area contributed by atoms with Gasteiger partial charge in [0.05, 0.1) is 5.52 Å². The fraction of sp³-hybridized carbons (Fsp3) is 0.182. The van der Waals surface area contributed by atoms with Crippen LogP contribution < -0.4 is 10.6 Å². The summed E-state index contributed by atoms with van der Waals surface area (Å²) in [5, 5.41) is 1.10. The number of aromatic nitrogens is 2. The standard InChI is InChI=1S/C22H19ClFN5O2/c1-2-20(30)28-5-7-29(8-6-28)22-17-10-18(23)15(11-19(17)26-12-27-22)14-4-3-13(24)9-16(14)21(25)31/h2-4,9-12H,1,5-8H2,(H2,25,31). The van der Waals surface area contributed by atoms with Gasteiger partial charge >= 0.3 is 0 Å². The third-order valence-electron chi connectivity index (χ3n) is 5.31. The van der Waals surface area contributed by atoms with E-state index < -0.39 is 11.7 Å². The molecule has 0 saturated carbocycles. The zero-order valence-electron chi connectivity index (χ0n) is 16.5. The van der Waals surface area contributed by atoms with Gasteiger partial charge in [-0.15, -0.1) is 0 Å². The van der Waals surface area contributed by atoms with E-state index in [1.165, 1.54) is 24.5 Å². The van der Waals surface area contributed by atoms with Crippen molar-refractivity contribution in [1.29, 1.82) is 0 Å². The predicted molar refractivity (Wildman–Crippen MR) is 117 cm³/mol. The molecule has 1 aliphatic rings. The third kappa shape index (κ3) is 3.94. The molecule has 1 aromatic heterocycles. The number of benzene rings is 2. The Bertz CT molecular complexity index is 1210. The van der Waals surface area contributed by atoms with Crippen LogP contribution in [-0.2, 0) is 4.79 Å². The number of anilines is 1. The van der Waals surface area contributed by atoms with Gasteiger partial charge in [0.1, 0.15) is 18.0 Å². The van der Waals surface area contributed by atoms with Crippen molar-refractivity contribution in [1.82, 2.24) is 14.9 Å². The monoisotopic (exact) mass is 439 g/mol. The Hall–Kier alpha value is -3.52. The van der Waals surface area contributed by atoms with Crippen LogP contribution >= 0.6 is 11.6 Å². The smallest absolute Gasteiger partial charge is 0.249 e. The fourth-order valence-corrected chi connectivity index (χ4v) is 4.01. The molecular formula is C22H19ClFN5O2. The Labute approximate surface area is 182 Å². The second kappa shape index (κ2) is 8.31. The van der Waals surface area contributed by atoms with Gasteiger partial charge in [0.15, 0.2) is 0 Å². The van der Waals surface area contributed by atoms with Crippen LogP contribution in [0.1, 0.15) is 10.4 Å². The number of hydrogen-bond acceptors (Lipinski definition) is 5. The summed E-state index contributed by atoms with van der Waals surface area (Å²) in [4.78, 5) is 36.2. The Morgan fingerprint density at radius 3 is 2.52 bits per heavy atom. The van der Waals surface area contributed by atoms with Crippen LogP contribution in [0, 0.1) is 5.82 Å². The minimum Gasteiger partial charge on any atom is -0.366 e. The molecule has 2 aromatic carbocycles. The van der Waals surface area contributed by atoms with Crippen molar-refractivity contribution < 1.29 is 14.0 Å². The van der Waals surface area contributed by atoms with E-state index in [1.54, 1.807) is 17.0 Å². The summed E-state index contributed by atoms with van der Waals surface area (Å²) in [5.41, 5.74) is 7.04. The lowest BCUT2D eigenvalue weighted by molar-refractivity contribution is -0.126. The van der Waals surface area contributed by atoms with Gasteiger partial charge < -0.3 is 15.5 Å². The van der Waals surface area contributed by atoms with Gasteiger partial charge in [0.2, 0.25) is 11.8 Å². The number of halogens is 2. The first-order chi connectivity index (χ1) is 14.9. The molecule has 9 heteroatoms. The SMILES string of the molecule is C=CC(=O)N1CCN(c2ncnc3cc(-c4ccc(F)cc4C(N)=O)c(Cl)cc23)CC1. The lowest BCUT2D eigenvalue weighted by atomic mass is 9.97. The highest BCUT2D eigenvalue weighted by Crippen LogP contribution is 2.36. The normalized spacial score (nSPS) is 14.0. The average Bonchev–Trinajstić information content (AvgIpc) is 2.78. The van der Waals surface area contributed by atoms with E-state index in [0.29, 0.717) is 53.7 Å². The Kier molecular flexibility index (Phi) is 5.56.